The van der Waals surface area contributed by atoms with Gasteiger partial charge in [-0.15, -0.1) is 11.3 Å². The Bertz CT molecular complexity index is 1140. The fraction of sp³-hybridized carbons (Fsp3) is 0.118. The summed E-state index contributed by atoms with van der Waals surface area (Å²) >= 11 is 0.874. The number of benzene rings is 1. The molecule has 0 fully saturated rings. The van der Waals surface area contributed by atoms with E-state index in [-0.39, 0.29) is 21.8 Å². The summed E-state index contributed by atoms with van der Waals surface area (Å²) in [6.45, 7) is 3.18. The number of aromatic nitrogens is 2. The number of thiophene rings is 1. The lowest BCUT2D eigenvalue weighted by Crippen LogP contribution is -2.21. The molecule has 0 unspecified atom stereocenters. The van der Waals surface area contributed by atoms with Crippen LogP contribution in [0.15, 0.2) is 23.0 Å². The van der Waals surface area contributed by atoms with Crippen molar-refractivity contribution >= 4 is 45.4 Å². The molecule has 8 nitrogen and oxygen atoms in total. The second-order valence-electron chi connectivity index (χ2n) is 5.61. The predicted octanol–water partition coefficient (Wildman–Crippen LogP) is 2.04. The molecule has 0 atom stereocenters. The van der Waals surface area contributed by atoms with Crippen LogP contribution in [0.4, 0.5) is 5.69 Å². The molecule has 0 amide bonds. The van der Waals surface area contributed by atoms with E-state index < -0.39 is 16.5 Å². The van der Waals surface area contributed by atoms with E-state index in [1.54, 1.807) is 25.1 Å². The molecule has 0 aliphatic heterocycles. The number of nitro benzene ring substituents is 1. The van der Waals surface area contributed by atoms with E-state index in [0.29, 0.717) is 21.5 Å². The van der Waals surface area contributed by atoms with Gasteiger partial charge in [-0.2, -0.15) is 0 Å². The van der Waals surface area contributed by atoms with Gasteiger partial charge in [0.15, 0.2) is 0 Å². The van der Waals surface area contributed by atoms with E-state index in [2.05, 4.69) is 9.97 Å². The molecule has 3 rings (SSSR count). The molecule has 0 radical (unpaired) electrons. The fourth-order valence-electron chi connectivity index (χ4n) is 2.54. The Kier molecular flexibility index (Phi) is 4.39. The molecule has 0 bridgehead atoms. The molecule has 0 aliphatic carbocycles. The first-order valence-corrected chi connectivity index (χ1v) is 8.27. The Morgan fingerprint density at radius 1 is 1.31 bits per heavy atom. The van der Waals surface area contributed by atoms with Crippen LogP contribution in [0, 0.1) is 24.0 Å². The van der Waals surface area contributed by atoms with Gasteiger partial charge in [0.05, 0.1) is 21.2 Å². The average Bonchev–Trinajstić information content (AvgIpc) is 2.91. The van der Waals surface area contributed by atoms with E-state index in [1.807, 2.05) is 0 Å². The lowest BCUT2D eigenvalue weighted by atomic mass is 10.1. The number of H-pyrrole nitrogens is 1. The van der Waals surface area contributed by atoms with Gasteiger partial charge in [0.25, 0.3) is 11.2 Å². The van der Waals surface area contributed by atoms with Crippen LogP contribution in [0.25, 0.3) is 22.4 Å². The zero-order valence-corrected chi connectivity index (χ0v) is 14.5. The van der Waals surface area contributed by atoms with Crippen molar-refractivity contribution in [3.8, 4) is 0 Å². The summed E-state index contributed by atoms with van der Waals surface area (Å²) in [7, 11) is 0. The highest BCUT2D eigenvalue weighted by atomic mass is 32.1. The van der Waals surface area contributed by atoms with Gasteiger partial charge in [0.2, 0.25) is 0 Å². The third kappa shape index (κ3) is 3.11. The second-order valence-corrected chi connectivity index (χ2v) is 6.61. The topological polar surface area (TPSA) is 129 Å². The molecule has 1 aromatic carbocycles. The number of rotatable bonds is 4. The minimum Gasteiger partial charge on any atom is -0.544 e. The molecular formula is C17H12N3O5S-. The molecule has 0 spiro atoms. The molecular weight excluding hydrogens is 358 g/mol. The highest BCUT2D eigenvalue weighted by Crippen LogP contribution is 2.26. The first-order valence-electron chi connectivity index (χ1n) is 7.46. The smallest absolute Gasteiger partial charge is 0.272 e. The summed E-state index contributed by atoms with van der Waals surface area (Å²) in [6.07, 6.45) is 3.08. The van der Waals surface area contributed by atoms with Gasteiger partial charge >= 0.3 is 0 Å². The molecule has 3 aromatic rings. The molecule has 2 aromatic heterocycles. The van der Waals surface area contributed by atoms with Gasteiger partial charge in [-0.1, -0.05) is 18.2 Å². The maximum Gasteiger partial charge on any atom is 0.272 e. The number of aromatic amines is 1. The van der Waals surface area contributed by atoms with Crippen molar-refractivity contribution in [2.24, 2.45) is 0 Å². The first-order chi connectivity index (χ1) is 12.3. The van der Waals surface area contributed by atoms with Crippen molar-refractivity contribution in [2.75, 3.05) is 0 Å². The number of carboxylic acids is 1. The van der Waals surface area contributed by atoms with Crippen LogP contribution in [0.2, 0.25) is 0 Å². The molecule has 0 aliphatic rings. The lowest BCUT2D eigenvalue weighted by molar-refractivity contribution is -0.385. The number of aryl methyl sites for hydroxylation is 2. The van der Waals surface area contributed by atoms with E-state index in [4.69, 9.17) is 0 Å². The maximum atomic E-state index is 12.2. The Morgan fingerprint density at radius 3 is 2.69 bits per heavy atom. The Balaban J connectivity index is 2.03. The third-order valence-corrected chi connectivity index (χ3v) is 5.03. The third-order valence-electron chi connectivity index (χ3n) is 3.87. The van der Waals surface area contributed by atoms with Crippen LogP contribution in [-0.2, 0) is 0 Å². The number of fused-ring (bicyclic) bond motifs is 1. The first kappa shape index (κ1) is 17.5. The van der Waals surface area contributed by atoms with Crippen LogP contribution in [0.5, 0.6) is 0 Å². The molecule has 26 heavy (non-hydrogen) atoms. The Hall–Kier alpha value is -3.33. The van der Waals surface area contributed by atoms with Gasteiger partial charge in [0.1, 0.15) is 10.7 Å². The Labute approximate surface area is 150 Å². The number of nitro groups is 1. The van der Waals surface area contributed by atoms with Gasteiger partial charge in [-0.05, 0) is 31.1 Å². The van der Waals surface area contributed by atoms with Crippen LogP contribution >= 0.6 is 11.3 Å². The van der Waals surface area contributed by atoms with Crippen molar-refractivity contribution in [1.29, 1.82) is 0 Å². The zero-order chi connectivity index (χ0) is 19.0. The number of carbonyl (C=O) groups is 1. The van der Waals surface area contributed by atoms with Crippen LogP contribution in [0.3, 0.4) is 0 Å². The summed E-state index contributed by atoms with van der Waals surface area (Å²) in [6, 6.07) is 4.76. The summed E-state index contributed by atoms with van der Waals surface area (Å²) in [5.74, 6) is -1.13. The quantitative estimate of drug-likeness (QED) is 0.553. The molecule has 0 saturated carbocycles. The number of carboxylic acid groups (broad SMARTS) is 1. The maximum absolute atomic E-state index is 12.2. The number of nitrogens with zero attached hydrogens (tertiary/aromatic N) is 2. The van der Waals surface area contributed by atoms with Crippen LogP contribution < -0.4 is 10.7 Å². The highest BCUT2D eigenvalue weighted by Gasteiger charge is 2.14. The number of nitrogens with one attached hydrogen (secondary N) is 1. The highest BCUT2D eigenvalue weighted by molar-refractivity contribution is 7.20. The van der Waals surface area contributed by atoms with Crippen LogP contribution in [0.1, 0.15) is 32.2 Å². The van der Waals surface area contributed by atoms with Crippen molar-refractivity contribution < 1.29 is 14.8 Å². The van der Waals surface area contributed by atoms with Crippen LogP contribution in [-0.4, -0.2) is 20.9 Å². The number of carbonyl (C=O) groups excluding carboxylic acids is 1. The van der Waals surface area contributed by atoms with Crippen molar-refractivity contribution in [1.82, 2.24) is 9.97 Å². The largest absolute Gasteiger partial charge is 0.544 e. The predicted molar refractivity (Wildman–Crippen MR) is 96.1 cm³/mol. The summed E-state index contributed by atoms with van der Waals surface area (Å²) in [4.78, 5) is 40.9. The summed E-state index contributed by atoms with van der Waals surface area (Å²) < 4.78 is 0. The second kappa shape index (κ2) is 6.52. The van der Waals surface area contributed by atoms with Gasteiger partial charge in [0, 0.05) is 11.6 Å². The average molecular weight is 370 g/mol. The zero-order valence-electron chi connectivity index (χ0n) is 13.7. The van der Waals surface area contributed by atoms with Crippen molar-refractivity contribution in [3.05, 3.63) is 66.1 Å². The molecule has 0 saturated heterocycles. The fourth-order valence-corrected chi connectivity index (χ4v) is 3.56. The van der Waals surface area contributed by atoms with Gasteiger partial charge < -0.3 is 14.9 Å². The monoisotopic (exact) mass is 370 g/mol. The molecule has 1 N–H and O–H groups in total. The van der Waals surface area contributed by atoms with E-state index in [0.717, 1.165) is 11.3 Å². The lowest BCUT2D eigenvalue weighted by Gasteiger charge is -1.99. The van der Waals surface area contributed by atoms with Gasteiger partial charge in [-0.3, -0.25) is 14.9 Å². The molecule has 9 heteroatoms. The number of hydrogen-bond acceptors (Lipinski definition) is 7. The normalized spacial score (nSPS) is 11.3. The SMILES string of the molecule is Cc1ccc(/C=C/c2nc3sc(C(=O)[O-])c(C)c3c(=O)[nH]2)cc1[N+](=O)[O-]. The summed E-state index contributed by atoms with van der Waals surface area (Å²) in [5, 5.41) is 22.3. The number of hydrogen-bond donors (Lipinski definition) is 1. The van der Waals surface area contributed by atoms with E-state index >= 15 is 0 Å². The minimum absolute atomic E-state index is 0.00321. The van der Waals surface area contributed by atoms with E-state index in [1.165, 1.54) is 19.1 Å². The minimum atomic E-state index is -1.35. The van der Waals surface area contributed by atoms with Crippen molar-refractivity contribution in [3.63, 3.8) is 0 Å². The summed E-state index contributed by atoms with van der Waals surface area (Å²) in [5.41, 5.74) is 0.984. The standard InChI is InChI=1S/C17H13N3O5S/c1-8-3-4-10(7-11(8)20(24)25)5-6-12-18-15(21)13-9(2)14(17(22)23)26-16(13)19-12/h3-7H,1-2H3,(H,22,23)(H,18,19,21)/p-1/b6-5+. The van der Waals surface area contributed by atoms with Crippen molar-refractivity contribution in [2.45, 2.75) is 13.8 Å². The molecule has 2 heterocycles. The Morgan fingerprint density at radius 2 is 2.04 bits per heavy atom. The van der Waals surface area contributed by atoms with E-state index in [9.17, 15) is 24.8 Å². The number of aromatic carboxylic acids is 1. The van der Waals surface area contributed by atoms with Gasteiger partial charge in [-0.25, -0.2) is 4.98 Å². The molecule has 132 valence electrons.